The third kappa shape index (κ3) is 9.55. The van der Waals surface area contributed by atoms with E-state index in [1.807, 2.05) is 0 Å². The molecule has 0 aromatic rings. The lowest BCUT2D eigenvalue weighted by atomic mass is 9.87. The number of phosphoric acid groups is 1. The summed E-state index contributed by atoms with van der Waals surface area (Å²) in [5.74, 6) is -1.29. The van der Waals surface area contributed by atoms with E-state index in [0.29, 0.717) is 5.75 Å². The lowest BCUT2D eigenvalue weighted by Gasteiger charge is -2.38. The minimum Gasteiger partial charge on any atom is -0.466 e. The molecule has 1 heterocycles. The predicted octanol–water partition coefficient (Wildman–Crippen LogP) is 0.140. The Morgan fingerprint density at radius 1 is 1.24 bits per heavy atom. The summed E-state index contributed by atoms with van der Waals surface area (Å²) >= 11 is 0.921. The zero-order valence-electron chi connectivity index (χ0n) is 16.3. The number of methoxy groups -OCH3 is 1. The zero-order valence-corrected chi connectivity index (χ0v) is 18.0. The molecule has 1 aliphatic heterocycles. The molecule has 1 saturated heterocycles. The van der Waals surface area contributed by atoms with Crippen LogP contribution in [0.4, 0.5) is 0 Å². The largest absolute Gasteiger partial charge is 0.472 e. The van der Waals surface area contributed by atoms with Crippen molar-refractivity contribution >= 4 is 42.5 Å². The van der Waals surface area contributed by atoms with Gasteiger partial charge in [0.1, 0.15) is 0 Å². The molecule has 29 heavy (non-hydrogen) atoms. The van der Waals surface area contributed by atoms with Crippen LogP contribution in [0.3, 0.4) is 0 Å². The highest BCUT2D eigenvalue weighted by atomic mass is 32.2. The predicted molar refractivity (Wildman–Crippen MR) is 104 cm³/mol. The first-order valence-corrected chi connectivity index (χ1v) is 11.1. The first kappa shape index (κ1) is 25.3. The summed E-state index contributed by atoms with van der Waals surface area (Å²) in [4.78, 5) is 55.7. The number of phosphoric ester groups is 1. The third-order valence-corrected chi connectivity index (χ3v) is 5.42. The topological polar surface area (TPSA) is 157 Å². The van der Waals surface area contributed by atoms with Crippen LogP contribution in [0.5, 0.6) is 0 Å². The van der Waals surface area contributed by atoms with Crippen molar-refractivity contribution in [2.24, 2.45) is 5.41 Å². The Labute approximate surface area is 172 Å². The molecule has 0 saturated carbocycles. The molecule has 2 amide bonds. The Balaban J connectivity index is 2.25. The smallest absolute Gasteiger partial charge is 0.466 e. The average Bonchev–Trinajstić information content (AvgIpc) is 2.65. The van der Waals surface area contributed by atoms with E-state index in [0.717, 1.165) is 23.9 Å². The van der Waals surface area contributed by atoms with Gasteiger partial charge in [-0.1, -0.05) is 25.6 Å². The molecule has 0 radical (unpaired) electrons. The number of hydrogen-bond donors (Lipinski definition) is 3. The number of carbonyl (C=O) groups is 4. The Hall–Kier alpha value is -1.72. The van der Waals surface area contributed by atoms with Gasteiger partial charge in [-0.15, -0.1) is 0 Å². The molecule has 0 bridgehead atoms. The number of ether oxygens (including phenoxy) is 1. The van der Waals surface area contributed by atoms with Crippen molar-refractivity contribution in [3.05, 3.63) is 12.2 Å². The Morgan fingerprint density at radius 2 is 1.93 bits per heavy atom. The van der Waals surface area contributed by atoms with Crippen LogP contribution >= 0.6 is 19.6 Å². The molecule has 0 aromatic carbocycles. The quantitative estimate of drug-likeness (QED) is 0.190. The summed E-state index contributed by atoms with van der Waals surface area (Å²) in [6, 6.07) is 0. The van der Waals surface area contributed by atoms with Gasteiger partial charge >= 0.3 is 13.8 Å². The molecule has 0 aliphatic carbocycles. The lowest BCUT2D eigenvalue weighted by molar-refractivity contribution is -0.141. The maximum Gasteiger partial charge on any atom is 0.472 e. The number of nitrogens with one attached hydrogen (secondary N) is 2. The molecule has 1 fully saturated rings. The van der Waals surface area contributed by atoms with E-state index in [9.17, 15) is 28.6 Å². The first-order chi connectivity index (χ1) is 13.5. The molecule has 11 nitrogen and oxygen atoms in total. The highest BCUT2D eigenvalue weighted by Crippen LogP contribution is 2.52. The molecular formula is C16H25N2O9PS. The number of thioether (sulfide) groups is 1. The SMILES string of the molecule is COC(=O)/C=C/C(=O)SCCNC(=O)CCNC(=O)[C@@H]1OP(=O)(O)OCC1(C)C. The van der Waals surface area contributed by atoms with Gasteiger partial charge in [-0.25, -0.2) is 9.36 Å². The van der Waals surface area contributed by atoms with E-state index in [2.05, 4.69) is 15.4 Å². The van der Waals surface area contributed by atoms with Gasteiger partial charge in [-0.2, -0.15) is 0 Å². The van der Waals surface area contributed by atoms with Crippen molar-refractivity contribution in [1.82, 2.24) is 10.6 Å². The molecule has 1 aliphatic rings. The van der Waals surface area contributed by atoms with Crippen LogP contribution in [0, 0.1) is 5.41 Å². The maximum absolute atomic E-state index is 12.2. The summed E-state index contributed by atoms with van der Waals surface area (Å²) in [7, 11) is -3.07. The summed E-state index contributed by atoms with van der Waals surface area (Å²) in [6.45, 7) is 3.42. The summed E-state index contributed by atoms with van der Waals surface area (Å²) < 4.78 is 25.4. The van der Waals surface area contributed by atoms with Crippen molar-refractivity contribution in [2.45, 2.75) is 26.4 Å². The van der Waals surface area contributed by atoms with Crippen LogP contribution in [0.2, 0.25) is 0 Å². The van der Waals surface area contributed by atoms with Crippen LogP contribution in [0.25, 0.3) is 0 Å². The monoisotopic (exact) mass is 452 g/mol. The van der Waals surface area contributed by atoms with E-state index < -0.39 is 31.2 Å². The number of carbonyl (C=O) groups excluding carboxylic acids is 4. The summed E-state index contributed by atoms with van der Waals surface area (Å²) in [6.07, 6.45) is 0.887. The lowest BCUT2D eigenvalue weighted by Crippen LogP contribution is -2.49. The van der Waals surface area contributed by atoms with E-state index in [1.165, 1.54) is 7.11 Å². The molecule has 13 heteroatoms. The van der Waals surface area contributed by atoms with E-state index >= 15 is 0 Å². The van der Waals surface area contributed by atoms with Gasteiger partial charge in [0.25, 0.3) is 0 Å². The minimum atomic E-state index is -4.27. The normalized spacial score (nSPS) is 23.4. The number of hydrogen-bond acceptors (Lipinski definition) is 9. The van der Waals surface area contributed by atoms with Gasteiger partial charge in [-0.05, 0) is 6.08 Å². The fourth-order valence-electron chi connectivity index (χ4n) is 2.11. The Bertz CT molecular complexity index is 711. The van der Waals surface area contributed by atoms with Crippen molar-refractivity contribution < 1.29 is 42.4 Å². The average molecular weight is 452 g/mol. The second kappa shape index (κ2) is 11.5. The second-order valence-electron chi connectivity index (χ2n) is 6.63. The highest BCUT2D eigenvalue weighted by Gasteiger charge is 2.47. The van der Waals surface area contributed by atoms with Crippen molar-refractivity contribution in [3.8, 4) is 0 Å². The van der Waals surface area contributed by atoms with Crippen molar-refractivity contribution in [3.63, 3.8) is 0 Å². The molecule has 164 valence electrons. The summed E-state index contributed by atoms with van der Waals surface area (Å²) in [5, 5.41) is 4.73. The number of amides is 2. The highest BCUT2D eigenvalue weighted by molar-refractivity contribution is 8.14. The molecule has 3 N–H and O–H groups in total. The second-order valence-corrected chi connectivity index (χ2v) is 9.14. The zero-order chi connectivity index (χ0) is 22.1. The van der Waals surface area contributed by atoms with E-state index in [-0.39, 0.29) is 37.1 Å². The molecule has 1 rings (SSSR count). The Morgan fingerprint density at radius 3 is 2.59 bits per heavy atom. The molecule has 1 unspecified atom stereocenters. The van der Waals surface area contributed by atoms with Gasteiger partial charge in [0.2, 0.25) is 16.9 Å². The van der Waals surface area contributed by atoms with Crippen LogP contribution in [0.1, 0.15) is 20.3 Å². The van der Waals surface area contributed by atoms with Gasteiger partial charge in [0.05, 0.1) is 13.7 Å². The molecule has 2 atom stereocenters. The minimum absolute atomic E-state index is 0.00509. The fraction of sp³-hybridized carbons (Fsp3) is 0.625. The van der Waals surface area contributed by atoms with Gasteiger partial charge < -0.3 is 20.3 Å². The van der Waals surface area contributed by atoms with Crippen LogP contribution in [-0.4, -0.2) is 66.5 Å². The van der Waals surface area contributed by atoms with Crippen LogP contribution in [0.15, 0.2) is 12.2 Å². The number of esters is 1. The van der Waals surface area contributed by atoms with Crippen LogP contribution in [-0.2, 0) is 37.5 Å². The number of rotatable bonds is 9. The van der Waals surface area contributed by atoms with E-state index in [4.69, 9.17) is 9.05 Å². The van der Waals surface area contributed by atoms with Gasteiger partial charge in [0.15, 0.2) is 6.10 Å². The molecular weight excluding hydrogens is 427 g/mol. The Kier molecular flexibility index (Phi) is 10.0. The van der Waals surface area contributed by atoms with Gasteiger partial charge in [0, 0.05) is 36.8 Å². The van der Waals surface area contributed by atoms with Gasteiger partial charge in [-0.3, -0.25) is 23.4 Å². The summed E-state index contributed by atoms with van der Waals surface area (Å²) in [5.41, 5.74) is -0.810. The fourth-order valence-corrected chi connectivity index (χ4v) is 3.88. The van der Waals surface area contributed by atoms with Crippen LogP contribution < -0.4 is 10.6 Å². The molecule has 0 spiro atoms. The molecule has 0 aromatic heterocycles. The maximum atomic E-state index is 12.2. The van der Waals surface area contributed by atoms with Crippen molar-refractivity contribution in [1.29, 1.82) is 0 Å². The third-order valence-electron chi connectivity index (χ3n) is 3.66. The standard InChI is InChI=1S/C16H25N2O9PS/c1-16(2)10-26-28(23,24)27-14(16)15(22)18-7-6-11(19)17-8-9-29-13(21)5-4-12(20)25-3/h4-5,14H,6-10H2,1-3H3,(H,17,19)(H,18,22)(H,23,24)/b5-4+/t14-/m0/s1. The first-order valence-electron chi connectivity index (χ1n) is 8.60. The van der Waals surface area contributed by atoms with E-state index in [1.54, 1.807) is 13.8 Å². The van der Waals surface area contributed by atoms with Crippen molar-refractivity contribution in [2.75, 3.05) is 32.6 Å².